The Balaban J connectivity index is 1.38. The molecule has 0 aromatic heterocycles. The van der Waals surface area contributed by atoms with Gasteiger partial charge in [0, 0.05) is 40.7 Å². The maximum absolute atomic E-state index is 15.3. The number of ether oxygens (including phenoxy) is 2. The third-order valence-corrected chi connectivity index (χ3v) is 11.7. The molecule has 1 saturated heterocycles. The first-order valence-corrected chi connectivity index (χ1v) is 17.7. The fourth-order valence-corrected chi connectivity index (χ4v) is 9.50. The Morgan fingerprint density at radius 1 is 0.811 bits per heavy atom. The van der Waals surface area contributed by atoms with Gasteiger partial charge in [0.05, 0.1) is 37.2 Å². The van der Waals surface area contributed by atoms with Crippen molar-refractivity contribution in [1.29, 1.82) is 0 Å². The lowest BCUT2D eigenvalue weighted by Gasteiger charge is -2.55. The zero-order chi connectivity index (χ0) is 37.2. The summed E-state index contributed by atoms with van der Waals surface area (Å²) in [7, 11) is 2.93. The number of anilines is 1. The zero-order valence-electron chi connectivity index (χ0n) is 29.4. The quantitative estimate of drug-likeness (QED) is 0.129. The summed E-state index contributed by atoms with van der Waals surface area (Å²) >= 11 is 0. The Kier molecular flexibility index (Phi) is 8.24. The number of phenols is 1. The molecule has 0 bridgehead atoms. The number of nitrogens with zero attached hydrogens (tertiary/aromatic N) is 1. The van der Waals surface area contributed by atoms with Gasteiger partial charge >= 0.3 is 0 Å². The van der Waals surface area contributed by atoms with E-state index in [0.29, 0.717) is 27.9 Å². The molecular weight excluding hydrogens is 670 g/mol. The smallest absolute Gasteiger partial charge is 0.238 e. The number of Topliss-reactive ketones (excluding diaryl/α,β-unsaturated/α-hetero) is 2. The van der Waals surface area contributed by atoms with Gasteiger partial charge in [0.15, 0.2) is 17.3 Å². The van der Waals surface area contributed by atoms with Gasteiger partial charge in [0.25, 0.3) is 0 Å². The van der Waals surface area contributed by atoms with Crippen LogP contribution in [-0.4, -0.2) is 48.5 Å². The highest BCUT2D eigenvalue weighted by Crippen LogP contribution is 2.65. The molecule has 2 amide bonds. The molecule has 6 atom stereocenters. The van der Waals surface area contributed by atoms with Crippen LogP contribution >= 0.6 is 0 Å². The average Bonchev–Trinajstić information content (AvgIpc) is 3.44. The van der Waals surface area contributed by atoms with Crippen molar-refractivity contribution in [3.63, 3.8) is 0 Å². The number of rotatable bonds is 7. The Bertz CT molecular complexity index is 2230. The third-order valence-electron chi connectivity index (χ3n) is 11.7. The third kappa shape index (κ3) is 5.01. The number of methoxy groups -OCH3 is 2. The Hall–Kier alpha value is -6.09. The molecule has 1 heterocycles. The van der Waals surface area contributed by atoms with Crippen molar-refractivity contribution >= 4 is 40.4 Å². The molecule has 8 rings (SSSR count). The van der Waals surface area contributed by atoms with Crippen LogP contribution in [0.2, 0.25) is 0 Å². The molecule has 6 unspecified atom stereocenters. The summed E-state index contributed by atoms with van der Waals surface area (Å²) in [5.41, 5.74) is 2.04. The van der Waals surface area contributed by atoms with Crippen LogP contribution in [0.15, 0.2) is 115 Å². The van der Waals surface area contributed by atoms with Crippen LogP contribution in [0.3, 0.4) is 0 Å². The number of fused-ring (bicyclic) bond motifs is 4. The molecular formula is C44H37NO8. The number of imide groups is 1. The van der Waals surface area contributed by atoms with E-state index in [1.165, 1.54) is 44.3 Å². The van der Waals surface area contributed by atoms with Gasteiger partial charge in [-0.15, -0.1) is 0 Å². The van der Waals surface area contributed by atoms with Crippen LogP contribution in [0.25, 0.3) is 5.57 Å². The maximum atomic E-state index is 15.3. The second-order valence-electron chi connectivity index (χ2n) is 14.2. The second kappa shape index (κ2) is 12.8. The van der Waals surface area contributed by atoms with E-state index < -0.39 is 40.9 Å². The molecule has 53 heavy (non-hydrogen) atoms. The van der Waals surface area contributed by atoms with Crippen molar-refractivity contribution in [2.24, 2.45) is 23.7 Å². The van der Waals surface area contributed by atoms with Crippen LogP contribution in [0, 0.1) is 23.7 Å². The fraction of sp³-hybridized carbons (Fsp3) is 0.250. The maximum Gasteiger partial charge on any atom is 0.238 e. The molecule has 3 aliphatic carbocycles. The van der Waals surface area contributed by atoms with E-state index in [1.54, 1.807) is 36.4 Å². The van der Waals surface area contributed by atoms with Gasteiger partial charge in [0.2, 0.25) is 11.8 Å². The molecule has 4 aromatic rings. The molecule has 1 N–H and O–H groups in total. The van der Waals surface area contributed by atoms with Crippen molar-refractivity contribution in [2.45, 2.75) is 31.1 Å². The number of aromatic hydroxyl groups is 1. The fourth-order valence-electron chi connectivity index (χ4n) is 9.50. The number of hydrogen-bond donors (Lipinski definition) is 1. The highest BCUT2D eigenvalue weighted by Gasteiger charge is 2.66. The Morgan fingerprint density at radius 2 is 1.43 bits per heavy atom. The number of phenolic OH excluding ortho intramolecular Hbond substituents is 1. The number of amides is 2. The predicted octanol–water partition coefficient (Wildman–Crippen LogP) is 6.64. The summed E-state index contributed by atoms with van der Waals surface area (Å²) in [6.45, 7) is 1.45. The van der Waals surface area contributed by atoms with Crippen molar-refractivity contribution in [3.8, 4) is 17.2 Å². The SMILES string of the molecule is COc1cc(O)cc(OC)c1C1C2=CCC3C(=O)N(c4ccc(C(C)=O)cc4)C(=O)C3C2CC2C(=O)C(c3ccccc3)=CC(=O)C21c1ccccc1. The van der Waals surface area contributed by atoms with Crippen molar-refractivity contribution in [1.82, 2.24) is 0 Å². The molecule has 1 aliphatic heterocycles. The van der Waals surface area contributed by atoms with Crippen molar-refractivity contribution in [3.05, 3.63) is 137 Å². The predicted molar refractivity (Wildman–Crippen MR) is 197 cm³/mol. The van der Waals surface area contributed by atoms with E-state index in [4.69, 9.17) is 9.47 Å². The lowest BCUT2D eigenvalue weighted by Crippen LogP contribution is -2.59. The minimum Gasteiger partial charge on any atom is -0.508 e. The molecule has 9 heteroatoms. The first-order valence-electron chi connectivity index (χ1n) is 17.7. The van der Waals surface area contributed by atoms with Crippen molar-refractivity contribution in [2.75, 3.05) is 19.1 Å². The van der Waals surface area contributed by atoms with Gasteiger partial charge in [-0.3, -0.25) is 28.9 Å². The van der Waals surface area contributed by atoms with E-state index >= 15 is 9.59 Å². The number of benzene rings is 4. The highest BCUT2D eigenvalue weighted by atomic mass is 16.5. The standard InChI is InChI=1S/C44H37NO8/c1-24(46)25-14-16-28(17-15-25)45-42(50)31-19-18-30-33(38(31)43(45)51)22-34-41(49)32(26-10-6-4-7-11-26)23-37(48)44(34,27-12-8-5-9-13-27)40(30)39-35(52-2)20-29(47)21-36(39)53-3/h4-18,20-21,23,31,33-34,38,40,47H,19,22H2,1-3H3. The number of hydrogen-bond acceptors (Lipinski definition) is 8. The number of ketones is 3. The first-order chi connectivity index (χ1) is 25.6. The minimum absolute atomic E-state index is 0.113. The molecule has 1 saturated carbocycles. The second-order valence-corrected chi connectivity index (χ2v) is 14.2. The molecule has 4 aliphatic rings. The van der Waals surface area contributed by atoms with Gasteiger partial charge in [-0.25, -0.2) is 0 Å². The van der Waals surface area contributed by atoms with Crippen LogP contribution in [0.1, 0.15) is 52.7 Å². The molecule has 0 radical (unpaired) electrons. The monoisotopic (exact) mass is 707 g/mol. The van der Waals surface area contributed by atoms with E-state index in [9.17, 15) is 19.5 Å². The summed E-state index contributed by atoms with van der Waals surface area (Å²) in [6, 6.07) is 27.6. The molecule has 9 nitrogen and oxygen atoms in total. The van der Waals surface area contributed by atoms with Crippen LogP contribution in [-0.2, 0) is 24.6 Å². The molecule has 2 fully saturated rings. The number of allylic oxidation sites excluding steroid dienone is 4. The molecule has 266 valence electrons. The summed E-state index contributed by atoms with van der Waals surface area (Å²) in [4.78, 5) is 72.5. The lowest BCUT2D eigenvalue weighted by molar-refractivity contribution is -0.135. The molecule has 4 aromatic carbocycles. The number of carbonyl (C=O) groups is 5. The van der Waals surface area contributed by atoms with Gasteiger partial charge in [-0.2, -0.15) is 0 Å². The molecule has 0 spiro atoms. The van der Waals surface area contributed by atoms with Crippen LogP contribution in [0.4, 0.5) is 5.69 Å². The summed E-state index contributed by atoms with van der Waals surface area (Å²) in [5, 5.41) is 10.7. The topological polar surface area (TPSA) is 127 Å². The normalized spacial score (nSPS) is 26.2. The van der Waals surface area contributed by atoms with Gasteiger partial charge in [-0.1, -0.05) is 72.3 Å². The van der Waals surface area contributed by atoms with Crippen LogP contribution in [0.5, 0.6) is 17.2 Å². The van der Waals surface area contributed by atoms with E-state index in [0.717, 1.165) is 5.57 Å². The minimum atomic E-state index is -1.50. The highest BCUT2D eigenvalue weighted by molar-refractivity contribution is 6.32. The van der Waals surface area contributed by atoms with Gasteiger partial charge in [0.1, 0.15) is 17.2 Å². The summed E-state index contributed by atoms with van der Waals surface area (Å²) in [6.07, 6.45) is 3.78. The van der Waals surface area contributed by atoms with E-state index in [-0.39, 0.29) is 58.9 Å². The van der Waals surface area contributed by atoms with Crippen molar-refractivity contribution < 1.29 is 38.6 Å². The van der Waals surface area contributed by atoms with Gasteiger partial charge < -0.3 is 14.6 Å². The summed E-state index contributed by atoms with van der Waals surface area (Å²) in [5.74, 6) is -5.00. The average molecular weight is 708 g/mol. The largest absolute Gasteiger partial charge is 0.508 e. The summed E-state index contributed by atoms with van der Waals surface area (Å²) < 4.78 is 11.8. The van der Waals surface area contributed by atoms with Gasteiger partial charge in [-0.05, 0) is 67.2 Å². The lowest BCUT2D eigenvalue weighted by atomic mass is 9.44. The van der Waals surface area contributed by atoms with E-state index in [2.05, 4.69) is 0 Å². The first kappa shape index (κ1) is 34.0. The number of carbonyl (C=O) groups excluding carboxylic acids is 5. The van der Waals surface area contributed by atoms with E-state index in [1.807, 2.05) is 54.6 Å². The Morgan fingerprint density at radius 3 is 2.04 bits per heavy atom. The van der Waals surface area contributed by atoms with Crippen LogP contribution < -0.4 is 14.4 Å². The Labute approximate surface area is 306 Å². The zero-order valence-corrected chi connectivity index (χ0v) is 29.4.